The topological polar surface area (TPSA) is 55.0 Å². The summed E-state index contributed by atoms with van der Waals surface area (Å²) in [4.78, 5) is 14.5. The van der Waals surface area contributed by atoms with Gasteiger partial charge in [0.15, 0.2) is 0 Å². The third kappa shape index (κ3) is 4.76. The summed E-state index contributed by atoms with van der Waals surface area (Å²) in [5.41, 5.74) is 10.3. The molecule has 0 aliphatic rings. The zero-order valence-corrected chi connectivity index (χ0v) is 19.8. The summed E-state index contributed by atoms with van der Waals surface area (Å²) in [6.07, 6.45) is 1.80. The number of thiophene rings is 1. The quantitative estimate of drug-likeness (QED) is 0.327. The van der Waals surface area contributed by atoms with Crippen LogP contribution in [0, 0.1) is 0 Å². The standard InChI is InChI=1S/C24H24Cl2N4S/c1-30(2)20(9-6-12-27)23-24(29-19-14-17(26)16(25)13-18(19)28-23)22-11-10-21(31-22)15-7-4-3-5-8-15/h3-5,7-8,10-11,13-14,20H,6,9,12,27H2,1-2H3. The summed E-state index contributed by atoms with van der Waals surface area (Å²) in [7, 11) is 4.13. The summed E-state index contributed by atoms with van der Waals surface area (Å²) < 4.78 is 0. The molecular weight excluding hydrogens is 447 g/mol. The molecule has 2 N–H and O–H groups in total. The van der Waals surface area contributed by atoms with E-state index in [0.29, 0.717) is 16.6 Å². The largest absolute Gasteiger partial charge is 0.330 e. The van der Waals surface area contributed by atoms with E-state index in [1.54, 1.807) is 23.5 Å². The van der Waals surface area contributed by atoms with Crippen LogP contribution in [-0.4, -0.2) is 35.5 Å². The second kappa shape index (κ2) is 9.63. The van der Waals surface area contributed by atoms with E-state index in [9.17, 15) is 0 Å². The fourth-order valence-electron chi connectivity index (χ4n) is 3.65. The van der Waals surface area contributed by atoms with Crippen LogP contribution in [0.1, 0.15) is 24.6 Å². The Bertz CT molecular complexity index is 1190. The van der Waals surface area contributed by atoms with Crippen LogP contribution in [0.25, 0.3) is 32.0 Å². The van der Waals surface area contributed by atoms with Crippen molar-refractivity contribution < 1.29 is 0 Å². The van der Waals surface area contributed by atoms with Crippen molar-refractivity contribution in [2.24, 2.45) is 5.73 Å². The number of aromatic nitrogens is 2. The van der Waals surface area contributed by atoms with Gasteiger partial charge in [0.1, 0.15) is 5.69 Å². The van der Waals surface area contributed by atoms with Gasteiger partial charge in [-0.25, -0.2) is 9.97 Å². The third-order valence-electron chi connectivity index (χ3n) is 5.25. The Morgan fingerprint density at radius 1 is 0.935 bits per heavy atom. The Morgan fingerprint density at radius 3 is 2.23 bits per heavy atom. The lowest BCUT2D eigenvalue weighted by Crippen LogP contribution is -2.23. The molecule has 0 spiro atoms. The van der Waals surface area contributed by atoms with Gasteiger partial charge in [-0.1, -0.05) is 53.5 Å². The SMILES string of the molecule is CN(C)C(CCCN)c1nc2cc(Cl)c(Cl)cc2nc1-c1ccc(-c2ccccc2)s1. The van der Waals surface area contributed by atoms with Gasteiger partial charge in [0, 0.05) is 4.88 Å². The highest BCUT2D eigenvalue weighted by atomic mass is 35.5. The van der Waals surface area contributed by atoms with Crippen LogP contribution < -0.4 is 5.73 Å². The van der Waals surface area contributed by atoms with E-state index in [-0.39, 0.29) is 6.04 Å². The highest BCUT2D eigenvalue weighted by molar-refractivity contribution is 7.18. The molecule has 0 fully saturated rings. The Morgan fingerprint density at radius 2 is 1.58 bits per heavy atom. The molecule has 160 valence electrons. The van der Waals surface area contributed by atoms with Crippen molar-refractivity contribution in [3.8, 4) is 21.0 Å². The first-order valence-corrected chi connectivity index (χ1v) is 11.7. The number of halogens is 2. The first-order valence-electron chi connectivity index (χ1n) is 10.2. The van der Waals surface area contributed by atoms with Gasteiger partial charge < -0.3 is 10.6 Å². The van der Waals surface area contributed by atoms with Crippen molar-refractivity contribution in [2.45, 2.75) is 18.9 Å². The molecule has 31 heavy (non-hydrogen) atoms. The van der Waals surface area contributed by atoms with E-state index in [0.717, 1.165) is 40.1 Å². The highest BCUT2D eigenvalue weighted by Gasteiger charge is 2.23. The van der Waals surface area contributed by atoms with Crippen molar-refractivity contribution in [1.82, 2.24) is 14.9 Å². The van der Waals surface area contributed by atoms with E-state index in [1.165, 1.54) is 10.4 Å². The highest BCUT2D eigenvalue weighted by Crippen LogP contribution is 2.39. The van der Waals surface area contributed by atoms with Crippen molar-refractivity contribution in [2.75, 3.05) is 20.6 Å². The van der Waals surface area contributed by atoms with Gasteiger partial charge in [0.05, 0.1) is 37.7 Å². The van der Waals surface area contributed by atoms with Crippen LogP contribution in [0.4, 0.5) is 0 Å². The fraction of sp³-hybridized carbons (Fsp3) is 0.250. The lowest BCUT2D eigenvalue weighted by Gasteiger charge is -2.25. The van der Waals surface area contributed by atoms with Gasteiger partial charge in [-0.3, -0.25) is 0 Å². The van der Waals surface area contributed by atoms with Crippen molar-refractivity contribution in [3.05, 3.63) is 70.3 Å². The Hall–Kier alpha value is -2.02. The van der Waals surface area contributed by atoms with Crippen LogP contribution >= 0.6 is 34.5 Å². The zero-order valence-electron chi connectivity index (χ0n) is 17.5. The summed E-state index contributed by atoms with van der Waals surface area (Å²) >= 11 is 14.3. The van der Waals surface area contributed by atoms with E-state index in [4.69, 9.17) is 38.9 Å². The summed E-state index contributed by atoms with van der Waals surface area (Å²) in [6, 6.07) is 18.3. The molecule has 1 unspecified atom stereocenters. The first kappa shape index (κ1) is 22.2. The molecule has 0 radical (unpaired) electrons. The molecule has 2 heterocycles. The Kier molecular flexibility index (Phi) is 6.89. The van der Waals surface area contributed by atoms with Gasteiger partial charge >= 0.3 is 0 Å². The fourth-order valence-corrected chi connectivity index (χ4v) is 4.98. The minimum Gasteiger partial charge on any atom is -0.330 e. The molecule has 4 rings (SSSR count). The minimum absolute atomic E-state index is 0.0900. The molecule has 1 atom stereocenters. The van der Waals surface area contributed by atoms with Gasteiger partial charge in [-0.15, -0.1) is 11.3 Å². The average molecular weight is 471 g/mol. The summed E-state index contributed by atoms with van der Waals surface area (Å²) in [5, 5.41) is 0.957. The second-order valence-corrected chi connectivity index (χ2v) is 9.55. The predicted octanol–water partition coefficient (Wildman–Crippen LogP) is 6.67. The molecule has 0 amide bonds. The van der Waals surface area contributed by atoms with Crippen molar-refractivity contribution in [3.63, 3.8) is 0 Å². The number of nitrogens with zero attached hydrogens (tertiary/aromatic N) is 3. The molecule has 0 aliphatic carbocycles. The van der Waals surface area contributed by atoms with Crippen LogP contribution in [-0.2, 0) is 0 Å². The van der Waals surface area contributed by atoms with Gasteiger partial charge in [0.2, 0.25) is 0 Å². The number of fused-ring (bicyclic) bond motifs is 1. The summed E-state index contributed by atoms with van der Waals surface area (Å²) in [6.45, 7) is 0.638. The average Bonchev–Trinajstić information content (AvgIpc) is 3.25. The second-order valence-electron chi connectivity index (χ2n) is 7.65. The maximum Gasteiger partial charge on any atom is 0.104 e. The van der Waals surface area contributed by atoms with Crippen LogP contribution in [0.5, 0.6) is 0 Å². The molecule has 2 aromatic heterocycles. The van der Waals surface area contributed by atoms with Crippen molar-refractivity contribution in [1.29, 1.82) is 0 Å². The molecular formula is C24H24Cl2N4S. The third-order valence-corrected chi connectivity index (χ3v) is 7.11. The first-order chi connectivity index (χ1) is 15.0. The number of hydrogen-bond acceptors (Lipinski definition) is 5. The number of hydrogen-bond donors (Lipinski definition) is 1. The lowest BCUT2D eigenvalue weighted by atomic mass is 10.0. The molecule has 7 heteroatoms. The van der Waals surface area contributed by atoms with Crippen LogP contribution in [0.15, 0.2) is 54.6 Å². The maximum absolute atomic E-state index is 6.27. The molecule has 4 aromatic rings. The Labute approximate surface area is 196 Å². The molecule has 0 aliphatic heterocycles. The maximum atomic E-state index is 6.27. The van der Waals surface area contributed by atoms with E-state index < -0.39 is 0 Å². The zero-order chi connectivity index (χ0) is 22.0. The van der Waals surface area contributed by atoms with Gasteiger partial charge in [-0.2, -0.15) is 0 Å². The molecule has 0 saturated heterocycles. The van der Waals surface area contributed by atoms with Crippen molar-refractivity contribution >= 4 is 45.6 Å². The number of benzene rings is 2. The molecule has 0 saturated carbocycles. The molecule has 0 bridgehead atoms. The lowest BCUT2D eigenvalue weighted by molar-refractivity contribution is 0.275. The minimum atomic E-state index is 0.0900. The molecule has 4 nitrogen and oxygen atoms in total. The number of rotatable bonds is 7. The Balaban J connectivity index is 1.89. The monoisotopic (exact) mass is 470 g/mol. The van der Waals surface area contributed by atoms with Gasteiger partial charge in [-0.05, 0) is 63.3 Å². The van der Waals surface area contributed by atoms with E-state index >= 15 is 0 Å². The number of nitrogens with two attached hydrogens (primary N) is 1. The van der Waals surface area contributed by atoms with E-state index in [1.807, 2.05) is 6.07 Å². The van der Waals surface area contributed by atoms with Crippen LogP contribution in [0.2, 0.25) is 10.0 Å². The van der Waals surface area contributed by atoms with Gasteiger partial charge in [0.25, 0.3) is 0 Å². The molecule has 2 aromatic carbocycles. The smallest absolute Gasteiger partial charge is 0.104 e. The van der Waals surface area contributed by atoms with E-state index in [2.05, 4.69) is 55.4 Å². The summed E-state index contributed by atoms with van der Waals surface area (Å²) in [5.74, 6) is 0. The normalized spacial score (nSPS) is 12.6. The predicted molar refractivity (Wildman–Crippen MR) is 133 cm³/mol. The van der Waals surface area contributed by atoms with Crippen LogP contribution in [0.3, 0.4) is 0 Å².